The molecule has 0 rings (SSSR count). The van der Waals surface area contributed by atoms with E-state index in [9.17, 15) is 43.2 Å². The third-order valence-corrected chi connectivity index (χ3v) is 18.7. The maximum atomic E-state index is 13.1. The van der Waals surface area contributed by atoms with E-state index in [0.717, 1.165) is 141 Å². The van der Waals surface area contributed by atoms with Crippen molar-refractivity contribution in [2.45, 2.75) is 329 Å². The number of allylic oxidation sites excluding steroid dienone is 30. The zero-order valence-electron chi connectivity index (χ0n) is 68.4. The Morgan fingerprint density at radius 2 is 0.500 bits per heavy atom. The van der Waals surface area contributed by atoms with E-state index in [-0.39, 0.29) is 25.7 Å². The van der Waals surface area contributed by atoms with E-state index in [4.69, 9.17) is 37.0 Å². The minimum atomic E-state index is -5.02. The lowest BCUT2D eigenvalue weighted by Gasteiger charge is -2.21. The first-order chi connectivity index (χ1) is 53.7. The zero-order chi connectivity index (χ0) is 80.3. The number of rotatable bonds is 77. The van der Waals surface area contributed by atoms with E-state index in [2.05, 4.69) is 180 Å². The molecular weight excluding hydrogens is 1430 g/mol. The van der Waals surface area contributed by atoms with Gasteiger partial charge in [-0.2, -0.15) is 0 Å². The molecule has 19 heteroatoms. The molecule has 0 aromatic rings. The molecule has 0 aliphatic carbocycles. The summed E-state index contributed by atoms with van der Waals surface area (Å²) in [7, 11) is -10.0. The van der Waals surface area contributed by atoms with E-state index in [1.165, 1.54) is 77.0 Å². The monoisotopic (exact) mass is 1580 g/mol. The van der Waals surface area contributed by atoms with Crippen LogP contribution in [0.2, 0.25) is 0 Å². The molecule has 0 saturated carbocycles. The number of carbonyl (C=O) groups excluding carboxylic acids is 4. The molecule has 0 aliphatic rings. The topological polar surface area (TPSA) is 237 Å². The predicted octanol–water partition coefficient (Wildman–Crippen LogP) is 25.1. The largest absolute Gasteiger partial charge is 0.472 e. The van der Waals surface area contributed by atoms with Gasteiger partial charge in [-0.3, -0.25) is 37.3 Å². The smallest absolute Gasteiger partial charge is 0.462 e. The predicted molar refractivity (Wildman–Crippen MR) is 454 cm³/mol. The number of unbranched alkanes of at least 4 members (excludes halogenated alkanes) is 21. The van der Waals surface area contributed by atoms with E-state index in [1.54, 1.807) is 0 Å². The lowest BCUT2D eigenvalue weighted by Crippen LogP contribution is -2.30. The Hall–Kier alpha value is -5.84. The number of phosphoric ester groups is 2. The first-order valence-corrected chi connectivity index (χ1v) is 45.0. The molecule has 0 saturated heterocycles. The van der Waals surface area contributed by atoms with Gasteiger partial charge in [-0.05, 0) is 173 Å². The molecule has 0 amide bonds. The first kappa shape index (κ1) is 104. The highest BCUT2D eigenvalue weighted by molar-refractivity contribution is 7.47. The molecule has 624 valence electrons. The van der Waals surface area contributed by atoms with Crippen molar-refractivity contribution in [2.75, 3.05) is 39.6 Å². The second kappa shape index (κ2) is 81.2. The maximum absolute atomic E-state index is 13.1. The molecule has 0 aromatic carbocycles. The SMILES string of the molecule is CC/C=C\C/C=C\C/C=C\C/C=C\C/C=C\CCCCCC(=O)OC[C@H](COP(=O)(O)OC[C@@H](O)COP(=O)(O)OC[C@@H](COC(=O)CC/C=C\C/C=C\C/C=C\C/C=C\C/C=C\CCCCC)OC(=O)CCC/C=C\C/C=C\C/C=C\C/C=C\CCCCC)OC(=O)CCCCCCC/C=C\CCCCCCCC. The summed E-state index contributed by atoms with van der Waals surface area (Å²) in [4.78, 5) is 73.1. The van der Waals surface area contributed by atoms with Gasteiger partial charge < -0.3 is 33.8 Å². The fourth-order valence-electron chi connectivity index (χ4n) is 10.5. The number of phosphoric acid groups is 2. The molecule has 5 atom stereocenters. The number of carbonyl (C=O) groups is 4. The number of esters is 4. The van der Waals surface area contributed by atoms with Gasteiger partial charge in [0, 0.05) is 25.7 Å². The fraction of sp³-hybridized carbons (Fsp3) is 0.626. The Morgan fingerprint density at radius 3 is 0.855 bits per heavy atom. The van der Waals surface area contributed by atoms with Crippen molar-refractivity contribution >= 4 is 39.5 Å². The molecule has 0 bridgehead atoms. The summed E-state index contributed by atoms with van der Waals surface area (Å²) in [6, 6.07) is 0. The number of aliphatic hydroxyl groups excluding tert-OH is 1. The Bertz CT molecular complexity index is 2800. The van der Waals surface area contributed by atoms with E-state index in [0.29, 0.717) is 38.5 Å². The van der Waals surface area contributed by atoms with Gasteiger partial charge in [0.05, 0.1) is 26.4 Å². The standard InChI is InChI=1S/C91H148O17P2/c1-5-9-13-17-21-25-29-33-37-40-42-45-48-51-55-59-63-67-71-75-88(93)101-81-86(107-90(95)77-73-69-65-61-57-53-47-36-32-28-24-20-16-12-8-4)83-105-109(97,98)103-79-85(92)80-104-110(99,100)106-84-87(108-91(96)78-74-70-66-62-58-54-50-44-39-35-31-27-23-19-15-11-7-3)82-102-89(94)76-72-68-64-60-56-52-49-46-43-41-38-34-30-26-22-18-14-10-6-2/h9,13,21-23,25-27,33-39,42-43,45-47,50-52,54-56,62,64,66,68,85-87,92H,5-8,10-12,14-20,24,28-32,40-41,44,48-49,53,57-61,63,65,67,69-84H2,1-4H3,(H,97,98)(H,99,100)/b13-9-,25-21-,26-22-,27-23-,37-33-,38-34-,39-35-,45-42-,46-43-,47-36-,54-50-,55-51-,56-52-,66-62-,68-64-/t85-,86-,87-/m1/s1. The molecular formula is C91H148O17P2. The highest BCUT2D eigenvalue weighted by atomic mass is 31.2. The average molecular weight is 1580 g/mol. The van der Waals surface area contributed by atoms with Gasteiger partial charge in [0.1, 0.15) is 19.3 Å². The number of hydrogen-bond acceptors (Lipinski definition) is 15. The molecule has 0 aliphatic heterocycles. The van der Waals surface area contributed by atoms with Crippen LogP contribution in [0.3, 0.4) is 0 Å². The third kappa shape index (κ3) is 80.2. The highest BCUT2D eigenvalue weighted by Gasteiger charge is 2.30. The lowest BCUT2D eigenvalue weighted by atomic mass is 10.1. The van der Waals surface area contributed by atoms with E-state index in [1.807, 2.05) is 30.4 Å². The van der Waals surface area contributed by atoms with Crippen LogP contribution in [-0.2, 0) is 65.4 Å². The molecule has 0 fully saturated rings. The second-order valence-corrected chi connectivity index (χ2v) is 30.2. The summed E-state index contributed by atoms with van der Waals surface area (Å²) in [6.45, 7) is 4.50. The molecule has 3 N–H and O–H groups in total. The zero-order valence-corrected chi connectivity index (χ0v) is 70.1. The fourth-order valence-corrected chi connectivity index (χ4v) is 12.0. The molecule has 0 aromatic heterocycles. The Morgan fingerprint density at radius 1 is 0.264 bits per heavy atom. The van der Waals surface area contributed by atoms with Crippen LogP contribution >= 0.6 is 15.6 Å². The number of ether oxygens (including phenoxy) is 4. The molecule has 0 radical (unpaired) electrons. The number of aliphatic hydroxyl groups is 1. The summed E-state index contributed by atoms with van der Waals surface area (Å²) < 4.78 is 68.6. The van der Waals surface area contributed by atoms with Crippen LogP contribution in [-0.4, -0.2) is 96.7 Å². The quantitative estimate of drug-likeness (QED) is 0.0169. The van der Waals surface area contributed by atoms with Gasteiger partial charge in [-0.15, -0.1) is 0 Å². The van der Waals surface area contributed by atoms with Crippen molar-refractivity contribution in [1.29, 1.82) is 0 Å². The van der Waals surface area contributed by atoms with Crippen molar-refractivity contribution in [1.82, 2.24) is 0 Å². The van der Waals surface area contributed by atoms with E-state index >= 15 is 0 Å². The Kier molecular flexibility index (Phi) is 76.9. The van der Waals surface area contributed by atoms with Gasteiger partial charge in [0.15, 0.2) is 12.2 Å². The first-order valence-electron chi connectivity index (χ1n) is 42.0. The molecule has 17 nitrogen and oxygen atoms in total. The highest BCUT2D eigenvalue weighted by Crippen LogP contribution is 2.45. The van der Waals surface area contributed by atoms with Crippen LogP contribution in [0, 0.1) is 0 Å². The van der Waals surface area contributed by atoms with Gasteiger partial charge in [-0.1, -0.05) is 293 Å². The maximum Gasteiger partial charge on any atom is 0.472 e. The minimum absolute atomic E-state index is 0.00364. The minimum Gasteiger partial charge on any atom is -0.462 e. The lowest BCUT2D eigenvalue weighted by molar-refractivity contribution is -0.161. The summed E-state index contributed by atoms with van der Waals surface area (Å²) in [5, 5.41) is 10.7. The van der Waals surface area contributed by atoms with Crippen molar-refractivity contribution in [3.05, 3.63) is 182 Å². The summed E-state index contributed by atoms with van der Waals surface area (Å²) in [5.41, 5.74) is 0. The van der Waals surface area contributed by atoms with Crippen molar-refractivity contribution < 1.29 is 80.2 Å². The summed E-state index contributed by atoms with van der Waals surface area (Å²) >= 11 is 0. The van der Waals surface area contributed by atoms with Crippen molar-refractivity contribution in [3.8, 4) is 0 Å². The van der Waals surface area contributed by atoms with Crippen molar-refractivity contribution in [2.24, 2.45) is 0 Å². The molecule has 2 unspecified atom stereocenters. The Labute approximate surface area is 666 Å². The molecule has 0 spiro atoms. The van der Waals surface area contributed by atoms with Crippen LogP contribution in [0.15, 0.2) is 182 Å². The van der Waals surface area contributed by atoms with Crippen LogP contribution in [0.1, 0.15) is 310 Å². The van der Waals surface area contributed by atoms with Crippen LogP contribution in [0.4, 0.5) is 0 Å². The second-order valence-electron chi connectivity index (χ2n) is 27.3. The van der Waals surface area contributed by atoms with Crippen LogP contribution in [0.5, 0.6) is 0 Å². The average Bonchev–Trinajstić information content (AvgIpc) is 0.899. The molecule has 110 heavy (non-hydrogen) atoms. The summed E-state index contributed by atoms with van der Waals surface area (Å²) in [5.74, 6) is -2.40. The third-order valence-electron chi connectivity index (χ3n) is 16.8. The number of hydrogen-bond donors (Lipinski definition) is 3. The van der Waals surface area contributed by atoms with E-state index < -0.39 is 97.5 Å². The normalized spacial score (nSPS) is 14.7. The van der Waals surface area contributed by atoms with Crippen LogP contribution < -0.4 is 0 Å². The summed E-state index contributed by atoms with van der Waals surface area (Å²) in [6.07, 6.45) is 98.8. The van der Waals surface area contributed by atoms with Gasteiger partial charge in [-0.25, -0.2) is 9.13 Å². The van der Waals surface area contributed by atoms with Crippen molar-refractivity contribution in [3.63, 3.8) is 0 Å². The van der Waals surface area contributed by atoms with Gasteiger partial charge in [0.2, 0.25) is 0 Å². The van der Waals surface area contributed by atoms with Crippen LogP contribution in [0.25, 0.3) is 0 Å². The van der Waals surface area contributed by atoms with Gasteiger partial charge in [0.25, 0.3) is 0 Å². The van der Waals surface area contributed by atoms with Gasteiger partial charge >= 0.3 is 39.5 Å². The molecule has 0 heterocycles. The Balaban J connectivity index is 5.54.